The molecule has 0 bridgehead atoms. The number of ether oxygens (including phenoxy) is 2. The first-order chi connectivity index (χ1) is 13.1. The van der Waals surface area contributed by atoms with Crippen molar-refractivity contribution in [1.29, 1.82) is 0 Å². The van der Waals surface area contributed by atoms with E-state index in [4.69, 9.17) is 4.74 Å². The number of benzene rings is 1. The predicted molar refractivity (Wildman–Crippen MR) is 101 cm³/mol. The molecule has 0 radical (unpaired) electrons. The number of thiophene rings is 1. The Kier molecular flexibility index (Phi) is 6.24. The fourth-order valence-electron chi connectivity index (χ4n) is 2.92. The minimum atomic E-state index is -0.452. The number of hydrogen-bond donors (Lipinski definition) is 1. The average molecular weight is 387 g/mol. The fourth-order valence-corrected chi connectivity index (χ4v) is 4.07. The molecule has 0 unspecified atom stereocenters. The maximum atomic E-state index is 12.1. The quantitative estimate of drug-likeness (QED) is 0.771. The zero-order valence-corrected chi connectivity index (χ0v) is 15.9. The van der Waals surface area contributed by atoms with Crippen LogP contribution in [0.25, 0.3) is 0 Å². The van der Waals surface area contributed by atoms with E-state index < -0.39 is 11.9 Å². The van der Waals surface area contributed by atoms with Gasteiger partial charge in [-0.05, 0) is 55.0 Å². The van der Waals surface area contributed by atoms with Gasteiger partial charge in [0.15, 0.2) is 6.61 Å². The van der Waals surface area contributed by atoms with E-state index in [0.717, 1.165) is 31.2 Å². The van der Waals surface area contributed by atoms with E-state index >= 15 is 0 Å². The van der Waals surface area contributed by atoms with Crippen LogP contribution in [-0.4, -0.2) is 31.6 Å². The minimum Gasteiger partial charge on any atom is -0.465 e. The van der Waals surface area contributed by atoms with Crippen LogP contribution in [0.15, 0.2) is 30.3 Å². The van der Waals surface area contributed by atoms with Gasteiger partial charge in [0.25, 0.3) is 5.91 Å². The molecule has 0 saturated heterocycles. The van der Waals surface area contributed by atoms with Crippen molar-refractivity contribution in [2.24, 2.45) is 0 Å². The second kappa shape index (κ2) is 8.81. The second-order valence-corrected chi connectivity index (χ2v) is 7.44. The van der Waals surface area contributed by atoms with E-state index in [1.54, 1.807) is 24.3 Å². The van der Waals surface area contributed by atoms with Gasteiger partial charge in [-0.3, -0.25) is 4.79 Å². The Morgan fingerprint density at radius 1 is 1.07 bits per heavy atom. The second-order valence-electron chi connectivity index (χ2n) is 6.31. The maximum absolute atomic E-state index is 12.1. The molecule has 0 atom stereocenters. The van der Waals surface area contributed by atoms with Crippen molar-refractivity contribution in [2.45, 2.75) is 32.2 Å². The van der Waals surface area contributed by atoms with Gasteiger partial charge in [0.2, 0.25) is 0 Å². The Hall–Kier alpha value is -2.67. The third kappa shape index (κ3) is 4.95. The number of methoxy groups -OCH3 is 1. The molecule has 3 rings (SSSR count). The molecule has 1 aromatic heterocycles. The Balaban J connectivity index is 1.44. The van der Waals surface area contributed by atoms with E-state index in [2.05, 4.69) is 10.1 Å². The minimum absolute atomic E-state index is 0.283. The summed E-state index contributed by atoms with van der Waals surface area (Å²) in [7, 11) is 1.32. The first kappa shape index (κ1) is 19.1. The third-order valence-electron chi connectivity index (χ3n) is 4.40. The smallest absolute Gasteiger partial charge is 0.348 e. The predicted octanol–water partition coefficient (Wildman–Crippen LogP) is 2.89. The highest BCUT2D eigenvalue weighted by atomic mass is 32.1. The molecule has 1 aliphatic rings. The number of carbonyl (C=O) groups excluding carboxylic acids is 3. The molecular weight excluding hydrogens is 366 g/mol. The highest BCUT2D eigenvalue weighted by Crippen LogP contribution is 2.29. The lowest BCUT2D eigenvalue weighted by molar-refractivity contribution is -0.124. The van der Waals surface area contributed by atoms with Crippen molar-refractivity contribution in [2.75, 3.05) is 13.7 Å². The lowest BCUT2D eigenvalue weighted by Gasteiger charge is -2.08. The van der Waals surface area contributed by atoms with Crippen LogP contribution in [0.5, 0.6) is 0 Å². The van der Waals surface area contributed by atoms with Crippen LogP contribution in [-0.2, 0) is 33.7 Å². The summed E-state index contributed by atoms with van der Waals surface area (Å²) in [4.78, 5) is 37.2. The van der Waals surface area contributed by atoms with E-state index in [0.29, 0.717) is 10.4 Å². The molecule has 1 amide bonds. The molecule has 1 aromatic carbocycles. The summed E-state index contributed by atoms with van der Waals surface area (Å²) in [6, 6.07) is 8.61. The number of esters is 2. The summed E-state index contributed by atoms with van der Waals surface area (Å²) < 4.78 is 9.75. The molecule has 0 saturated carbocycles. The Morgan fingerprint density at radius 2 is 1.81 bits per heavy atom. The molecule has 0 spiro atoms. The first-order valence-electron chi connectivity index (χ1n) is 8.79. The van der Waals surface area contributed by atoms with Crippen molar-refractivity contribution < 1.29 is 23.9 Å². The van der Waals surface area contributed by atoms with Gasteiger partial charge in [0.05, 0.1) is 12.7 Å². The normalized spacial score (nSPS) is 12.8. The highest BCUT2D eigenvalue weighted by molar-refractivity contribution is 7.14. The third-order valence-corrected chi connectivity index (χ3v) is 5.61. The molecule has 27 heavy (non-hydrogen) atoms. The lowest BCUT2D eigenvalue weighted by Crippen LogP contribution is -2.28. The molecule has 6 nitrogen and oxygen atoms in total. The topological polar surface area (TPSA) is 81.7 Å². The fraction of sp³-hybridized carbons (Fsp3) is 0.350. The highest BCUT2D eigenvalue weighted by Gasteiger charge is 2.18. The standard InChI is InChI=1S/C20H21NO5S/c1-25-19(23)14-8-6-13(7-9-14)11-21-18(22)12-26-20(24)17-10-15-4-2-3-5-16(15)27-17/h6-10H,2-5,11-12H2,1H3,(H,21,22). The zero-order chi connectivity index (χ0) is 19.2. The number of amides is 1. The average Bonchev–Trinajstić information content (AvgIpc) is 3.14. The Morgan fingerprint density at radius 3 is 2.52 bits per heavy atom. The number of aryl methyl sites for hydroxylation is 2. The van der Waals surface area contributed by atoms with Crippen LogP contribution in [0.4, 0.5) is 0 Å². The van der Waals surface area contributed by atoms with Crippen molar-refractivity contribution >= 4 is 29.2 Å². The van der Waals surface area contributed by atoms with E-state index in [1.807, 2.05) is 6.07 Å². The van der Waals surface area contributed by atoms with Gasteiger partial charge in [0, 0.05) is 11.4 Å². The largest absolute Gasteiger partial charge is 0.465 e. The van der Waals surface area contributed by atoms with Gasteiger partial charge >= 0.3 is 11.9 Å². The van der Waals surface area contributed by atoms with E-state index in [1.165, 1.54) is 28.9 Å². The molecule has 1 aliphatic carbocycles. The molecule has 142 valence electrons. The molecule has 1 N–H and O–H groups in total. The van der Waals surface area contributed by atoms with E-state index in [9.17, 15) is 14.4 Å². The van der Waals surface area contributed by atoms with Gasteiger partial charge in [-0.1, -0.05) is 12.1 Å². The van der Waals surface area contributed by atoms with Crippen LogP contribution in [0.1, 0.15) is 48.9 Å². The monoisotopic (exact) mass is 387 g/mol. The Labute approximate surface area is 161 Å². The van der Waals surface area contributed by atoms with Crippen molar-refractivity contribution in [3.63, 3.8) is 0 Å². The summed E-state index contributed by atoms with van der Waals surface area (Å²) in [5, 5.41) is 2.69. The van der Waals surface area contributed by atoms with Crippen molar-refractivity contribution in [1.82, 2.24) is 5.32 Å². The molecule has 1 heterocycles. The molecule has 2 aromatic rings. The summed E-state index contributed by atoms with van der Waals surface area (Å²) in [5.74, 6) is -1.23. The number of hydrogen-bond acceptors (Lipinski definition) is 6. The lowest BCUT2D eigenvalue weighted by atomic mass is 9.99. The molecule has 0 aliphatic heterocycles. The van der Waals surface area contributed by atoms with Crippen molar-refractivity contribution in [3.8, 4) is 0 Å². The number of rotatable bonds is 6. The molecular formula is C20H21NO5S. The first-order valence-corrected chi connectivity index (χ1v) is 9.61. The molecule has 7 heteroatoms. The maximum Gasteiger partial charge on any atom is 0.348 e. The zero-order valence-electron chi connectivity index (χ0n) is 15.1. The van der Waals surface area contributed by atoms with Crippen LogP contribution in [0, 0.1) is 0 Å². The van der Waals surface area contributed by atoms with Crippen LogP contribution in [0.2, 0.25) is 0 Å². The van der Waals surface area contributed by atoms with E-state index in [-0.39, 0.29) is 19.1 Å². The van der Waals surface area contributed by atoms with Gasteiger partial charge in [-0.15, -0.1) is 11.3 Å². The van der Waals surface area contributed by atoms with Gasteiger partial charge < -0.3 is 14.8 Å². The summed E-state index contributed by atoms with van der Waals surface area (Å²) >= 11 is 1.47. The number of carbonyl (C=O) groups is 3. The number of fused-ring (bicyclic) bond motifs is 1. The SMILES string of the molecule is COC(=O)c1ccc(CNC(=O)COC(=O)c2cc3c(s2)CCCC3)cc1. The van der Waals surface area contributed by atoms with Crippen LogP contribution >= 0.6 is 11.3 Å². The number of nitrogens with one attached hydrogen (secondary N) is 1. The van der Waals surface area contributed by atoms with Gasteiger partial charge in [0.1, 0.15) is 4.88 Å². The molecule has 0 fully saturated rings. The summed E-state index contributed by atoms with van der Waals surface area (Å²) in [6.07, 6.45) is 4.34. The van der Waals surface area contributed by atoms with Crippen LogP contribution < -0.4 is 5.32 Å². The van der Waals surface area contributed by atoms with Gasteiger partial charge in [-0.25, -0.2) is 9.59 Å². The summed E-state index contributed by atoms with van der Waals surface area (Å²) in [5.41, 5.74) is 2.51. The summed E-state index contributed by atoms with van der Waals surface area (Å²) in [6.45, 7) is -0.0349. The van der Waals surface area contributed by atoms with Crippen molar-refractivity contribution in [3.05, 3.63) is 56.8 Å². The van der Waals surface area contributed by atoms with Crippen LogP contribution in [0.3, 0.4) is 0 Å². The van der Waals surface area contributed by atoms with Gasteiger partial charge in [-0.2, -0.15) is 0 Å². The Bertz CT molecular complexity index is 817.